The van der Waals surface area contributed by atoms with Crippen molar-refractivity contribution in [2.75, 3.05) is 18.9 Å². The van der Waals surface area contributed by atoms with E-state index in [2.05, 4.69) is 22.4 Å². The summed E-state index contributed by atoms with van der Waals surface area (Å²) < 4.78 is 1.61. The molecule has 1 unspecified atom stereocenters. The molecule has 1 aromatic heterocycles. The number of thioether (sulfide) groups is 1. The first kappa shape index (κ1) is 15.3. The van der Waals surface area contributed by atoms with Crippen LogP contribution in [0.15, 0.2) is 9.95 Å². The number of hydrogen-bond donors (Lipinski definition) is 3. The zero-order valence-electron chi connectivity index (χ0n) is 11.0. The van der Waals surface area contributed by atoms with E-state index in [1.165, 1.54) is 11.8 Å². The van der Waals surface area contributed by atoms with Crippen molar-refractivity contribution >= 4 is 11.8 Å². The van der Waals surface area contributed by atoms with Gasteiger partial charge in [0.05, 0.1) is 0 Å². The highest BCUT2D eigenvalue weighted by Crippen LogP contribution is 2.15. The van der Waals surface area contributed by atoms with Gasteiger partial charge in [-0.15, -0.1) is 5.10 Å². The van der Waals surface area contributed by atoms with Crippen LogP contribution in [0.1, 0.15) is 26.7 Å². The average Bonchev–Trinajstić information content (AvgIpc) is 2.73. The SMILES string of the molecule is CCCNC(CCO)CSc1n[nH]c(=O)n1CC. The second-order valence-corrected chi connectivity index (χ2v) is 5.02. The molecule has 1 heterocycles. The van der Waals surface area contributed by atoms with Crippen molar-refractivity contribution in [3.05, 3.63) is 10.5 Å². The summed E-state index contributed by atoms with van der Waals surface area (Å²) in [6.45, 7) is 5.75. The number of aromatic nitrogens is 3. The van der Waals surface area contributed by atoms with E-state index < -0.39 is 0 Å². The van der Waals surface area contributed by atoms with E-state index in [9.17, 15) is 4.79 Å². The Balaban J connectivity index is 2.52. The molecule has 104 valence electrons. The summed E-state index contributed by atoms with van der Waals surface area (Å²) in [7, 11) is 0. The van der Waals surface area contributed by atoms with Crippen LogP contribution in [0.25, 0.3) is 0 Å². The summed E-state index contributed by atoms with van der Waals surface area (Å²) in [5.41, 5.74) is -0.166. The third kappa shape index (κ3) is 4.47. The monoisotopic (exact) mass is 274 g/mol. The minimum atomic E-state index is -0.166. The second kappa shape index (κ2) is 8.34. The van der Waals surface area contributed by atoms with Gasteiger partial charge in [-0.05, 0) is 26.3 Å². The fourth-order valence-corrected chi connectivity index (χ4v) is 2.73. The molecule has 0 spiro atoms. The molecule has 7 heteroatoms. The normalized spacial score (nSPS) is 12.8. The fraction of sp³-hybridized carbons (Fsp3) is 0.818. The molecule has 0 saturated carbocycles. The number of H-pyrrole nitrogens is 1. The molecule has 0 aliphatic carbocycles. The standard InChI is InChI=1S/C11H22N4O2S/c1-3-6-12-9(5-7-16)8-18-11-14-13-10(17)15(11)4-2/h9,12,16H,3-8H2,1-2H3,(H,13,17). The first-order valence-electron chi connectivity index (χ1n) is 6.35. The Hall–Kier alpha value is -0.790. The summed E-state index contributed by atoms with van der Waals surface area (Å²) in [5, 5.41) is 19.6. The Bertz CT molecular complexity index is 391. The number of hydrogen-bond acceptors (Lipinski definition) is 5. The maximum atomic E-state index is 11.4. The third-order valence-corrected chi connectivity index (χ3v) is 3.75. The molecule has 0 saturated heterocycles. The molecule has 0 amide bonds. The van der Waals surface area contributed by atoms with Gasteiger partial charge >= 0.3 is 5.69 Å². The van der Waals surface area contributed by atoms with Gasteiger partial charge in [-0.25, -0.2) is 9.89 Å². The first-order valence-corrected chi connectivity index (χ1v) is 7.33. The summed E-state index contributed by atoms with van der Waals surface area (Å²) in [4.78, 5) is 11.4. The summed E-state index contributed by atoms with van der Waals surface area (Å²) in [5.74, 6) is 0.796. The number of nitrogens with zero attached hydrogens (tertiary/aromatic N) is 2. The van der Waals surface area contributed by atoms with Crippen molar-refractivity contribution in [1.29, 1.82) is 0 Å². The molecular formula is C11H22N4O2S. The number of rotatable bonds is 9. The Kier molecular flexibility index (Phi) is 7.07. The van der Waals surface area contributed by atoms with Gasteiger partial charge in [0.25, 0.3) is 0 Å². The molecule has 3 N–H and O–H groups in total. The molecule has 0 bridgehead atoms. The van der Waals surface area contributed by atoms with E-state index in [4.69, 9.17) is 5.11 Å². The zero-order chi connectivity index (χ0) is 13.4. The van der Waals surface area contributed by atoms with E-state index in [-0.39, 0.29) is 18.3 Å². The lowest BCUT2D eigenvalue weighted by Gasteiger charge is -2.16. The van der Waals surface area contributed by atoms with Crippen molar-refractivity contribution in [2.24, 2.45) is 0 Å². The minimum absolute atomic E-state index is 0.166. The van der Waals surface area contributed by atoms with E-state index in [0.29, 0.717) is 18.1 Å². The largest absolute Gasteiger partial charge is 0.396 e. The average molecular weight is 274 g/mol. The smallest absolute Gasteiger partial charge is 0.343 e. The third-order valence-electron chi connectivity index (χ3n) is 2.61. The van der Waals surface area contributed by atoms with Gasteiger partial charge in [-0.3, -0.25) is 4.57 Å². The van der Waals surface area contributed by atoms with E-state index in [1.54, 1.807) is 4.57 Å². The fourth-order valence-electron chi connectivity index (χ4n) is 1.62. The lowest BCUT2D eigenvalue weighted by atomic mass is 10.2. The van der Waals surface area contributed by atoms with Crippen LogP contribution in [0, 0.1) is 0 Å². The van der Waals surface area contributed by atoms with Crippen molar-refractivity contribution in [3.8, 4) is 0 Å². The lowest BCUT2D eigenvalue weighted by Crippen LogP contribution is -2.33. The van der Waals surface area contributed by atoms with E-state index >= 15 is 0 Å². The maximum Gasteiger partial charge on any atom is 0.343 e. The summed E-state index contributed by atoms with van der Waals surface area (Å²) in [6, 6.07) is 0.247. The van der Waals surface area contributed by atoms with Gasteiger partial charge in [-0.1, -0.05) is 18.7 Å². The van der Waals surface area contributed by atoms with Crippen molar-refractivity contribution < 1.29 is 5.11 Å². The molecule has 6 nitrogen and oxygen atoms in total. The first-order chi connectivity index (χ1) is 8.72. The molecule has 0 aliphatic rings. The Morgan fingerprint density at radius 2 is 2.33 bits per heavy atom. The molecule has 1 aromatic rings. The van der Waals surface area contributed by atoms with Gasteiger partial charge in [0.15, 0.2) is 5.16 Å². The Labute approximate surface area is 111 Å². The van der Waals surface area contributed by atoms with Crippen LogP contribution in [0.2, 0.25) is 0 Å². The van der Waals surface area contributed by atoms with Crippen molar-refractivity contribution in [3.63, 3.8) is 0 Å². The predicted octanol–water partition coefficient (Wildman–Crippen LogP) is 0.434. The quantitative estimate of drug-likeness (QED) is 0.569. The number of aliphatic hydroxyl groups excluding tert-OH is 1. The van der Waals surface area contributed by atoms with Crippen molar-refractivity contribution in [2.45, 2.75) is 44.4 Å². The molecule has 1 rings (SSSR count). The highest BCUT2D eigenvalue weighted by Gasteiger charge is 2.12. The topological polar surface area (TPSA) is 82.9 Å². The predicted molar refractivity (Wildman–Crippen MR) is 73.0 cm³/mol. The number of aromatic amines is 1. The zero-order valence-corrected chi connectivity index (χ0v) is 11.8. The second-order valence-electron chi connectivity index (χ2n) is 4.03. The summed E-state index contributed by atoms with van der Waals surface area (Å²) in [6.07, 6.45) is 1.78. The van der Waals surface area contributed by atoms with Crippen LogP contribution in [0.5, 0.6) is 0 Å². The van der Waals surface area contributed by atoms with Gasteiger partial charge in [0, 0.05) is 24.9 Å². The number of aliphatic hydroxyl groups is 1. The molecule has 1 atom stereocenters. The van der Waals surface area contributed by atoms with Gasteiger partial charge < -0.3 is 10.4 Å². The van der Waals surface area contributed by atoms with Crippen LogP contribution in [0.3, 0.4) is 0 Å². The Morgan fingerprint density at radius 3 is 2.94 bits per heavy atom. The van der Waals surface area contributed by atoms with Gasteiger partial charge in [0.2, 0.25) is 0 Å². The van der Waals surface area contributed by atoms with E-state index in [0.717, 1.165) is 18.7 Å². The van der Waals surface area contributed by atoms with Crippen LogP contribution < -0.4 is 11.0 Å². The molecule has 0 aromatic carbocycles. The molecule has 0 aliphatic heterocycles. The van der Waals surface area contributed by atoms with Crippen LogP contribution in [0.4, 0.5) is 0 Å². The van der Waals surface area contributed by atoms with Crippen LogP contribution in [-0.4, -0.2) is 44.8 Å². The highest BCUT2D eigenvalue weighted by molar-refractivity contribution is 7.99. The highest BCUT2D eigenvalue weighted by atomic mass is 32.2. The van der Waals surface area contributed by atoms with Crippen LogP contribution >= 0.6 is 11.8 Å². The minimum Gasteiger partial charge on any atom is -0.396 e. The molecular weight excluding hydrogens is 252 g/mol. The maximum absolute atomic E-state index is 11.4. The van der Waals surface area contributed by atoms with Gasteiger partial charge in [-0.2, -0.15) is 0 Å². The number of nitrogens with one attached hydrogen (secondary N) is 2. The lowest BCUT2D eigenvalue weighted by molar-refractivity contribution is 0.270. The van der Waals surface area contributed by atoms with Crippen LogP contribution in [-0.2, 0) is 6.54 Å². The van der Waals surface area contributed by atoms with Crippen molar-refractivity contribution in [1.82, 2.24) is 20.1 Å². The van der Waals surface area contributed by atoms with E-state index in [1.807, 2.05) is 6.92 Å². The summed E-state index contributed by atoms with van der Waals surface area (Å²) >= 11 is 1.54. The van der Waals surface area contributed by atoms with Gasteiger partial charge in [0.1, 0.15) is 0 Å². The Morgan fingerprint density at radius 1 is 1.56 bits per heavy atom. The molecule has 18 heavy (non-hydrogen) atoms. The molecule has 0 fully saturated rings. The molecule has 0 radical (unpaired) electrons.